The van der Waals surface area contributed by atoms with Crippen LogP contribution in [0.1, 0.15) is 11.1 Å². The van der Waals surface area contributed by atoms with Gasteiger partial charge in [0.05, 0.1) is 11.6 Å². The maximum absolute atomic E-state index is 12.9. The fourth-order valence-corrected chi connectivity index (χ4v) is 2.98. The Morgan fingerprint density at radius 3 is 2.54 bits per heavy atom. The Morgan fingerprint density at radius 1 is 1.12 bits per heavy atom. The molecule has 0 aromatic heterocycles. The summed E-state index contributed by atoms with van der Waals surface area (Å²) in [4.78, 5) is 16.5. The van der Waals surface area contributed by atoms with Crippen molar-refractivity contribution in [3.8, 4) is 6.07 Å². The molecule has 2 aromatic carbocycles. The average molecular weight is 352 g/mol. The van der Waals surface area contributed by atoms with Crippen LogP contribution in [0.15, 0.2) is 48.5 Å². The lowest BCUT2D eigenvalue weighted by Gasteiger charge is -2.34. The van der Waals surface area contributed by atoms with Gasteiger partial charge >= 0.3 is 6.03 Å². The fraction of sp³-hybridized carbons (Fsp3) is 0.300. The first-order valence-electron chi connectivity index (χ1n) is 8.67. The maximum atomic E-state index is 12.9. The number of carbonyl (C=O) groups excluding carboxylic acids is 1. The first-order valence-corrected chi connectivity index (χ1v) is 8.67. The molecule has 3 rings (SSSR count). The van der Waals surface area contributed by atoms with E-state index in [9.17, 15) is 9.18 Å². The Labute approximate surface area is 152 Å². The molecule has 0 aliphatic carbocycles. The monoisotopic (exact) mass is 352 g/mol. The van der Waals surface area contributed by atoms with Gasteiger partial charge in [-0.2, -0.15) is 5.26 Å². The minimum Gasteiger partial charge on any atom is -0.322 e. The third-order valence-electron chi connectivity index (χ3n) is 4.53. The highest BCUT2D eigenvalue weighted by atomic mass is 19.1. The van der Waals surface area contributed by atoms with E-state index in [4.69, 9.17) is 5.26 Å². The molecule has 5 nitrogen and oxygen atoms in total. The van der Waals surface area contributed by atoms with Crippen molar-refractivity contribution in [3.63, 3.8) is 0 Å². The van der Waals surface area contributed by atoms with Crippen LogP contribution >= 0.6 is 0 Å². The van der Waals surface area contributed by atoms with E-state index in [-0.39, 0.29) is 11.8 Å². The van der Waals surface area contributed by atoms with Crippen LogP contribution in [0.2, 0.25) is 0 Å². The molecule has 0 bridgehead atoms. The van der Waals surface area contributed by atoms with Gasteiger partial charge in [-0.25, -0.2) is 9.18 Å². The molecular formula is C20H21FN4O. The van der Waals surface area contributed by atoms with Crippen LogP contribution in [0.4, 0.5) is 14.9 Å². The molecule has 1 aliphatic rings. The average Bonchev–Trinajstić information content (AvgIpc) is 2.68. The number of piperazine rings is 1. The second-order valence-electron chi connectivity index (χ2n) is 6.33. The first kappa shape index (κ1) is 17.9. The number of nitrogens with one attached hydrogen (secondary N) is 1. The Morgan fingerprint density at radius 2 is 1.85 bits per heavy atom. The molecule has 1 N–H and O–H groups in total. The predicted molar refractivity (Wildman–Crippen MR) is 98.3 cm³/mol. The van der Waals surface area contributed by atoms with Crippen LogP contribution in [0.25, 0.3) is 0 Å². The largest absolute Gasteiger partial charge is 0.322 e. The number of anilines is 1. The van der Waals surface area contributed by atoms with E-state index in [0.29, 0.717) is 24.3 Å². The summed E-state index contributed by atoms with van der Waals surface area (Å²) in [5.74, 6) is -0.214. The van der Waals surface area contributed by atoms with Crippen molar-refractivity contribution in [2.24, 2.45) is 0 Å². The Bertz CT molecular complexity index is 792. The van der Waals surface area contributed by atoms with Gasteiger partial charge in [0.25, 0.3) is 0 Å². The van der Waals surface area contributed by atoms with Crippen LogP contribution in [0.5, 0.6) is 0 Å². The van der Waals surface area contributed by atoms with Crippen LogP contribution in [0.3, 0.4) is 0 Å². The van der Waals surface area contributed by atoms with E-state index in [1.165, 1.54) is 12.1 Å². The minimum absolute atomic E-state index is 0.140. The molecular weight excluding hydrogens is 331 g/mol. The third kappa shape index (κ3) is 4.80. The van der Waals surface area contributed by atoms with Gasteiger partial charge in [0.2, 0.25) is 0 Å². The molecule has 0 atom stereocenters. The lowest BCUT2D eigenvalue weighted by molar-refractivity contribution is 0.148. The molecule has 0 saturated carbocycles. The molecule has 6 heteroatoms. The quantitative estimate of drug-likeness (QED) is 0.920. The van der Waals surface area contributed by atoms with Crippen molar-refractivity contribution < 1.29 is 9.18 Å². The highest BCUT2D eigenvalue weighted by molar-refractivity contribution is 5.89. The van der Waals surface area contributed by atoms with Gasteiger partial charge in [-0.1, -0.05) is 18.2 Å². The van der Waals surface area contributed by atoms with Crippen LogP contribution in [0, 0.1) is 17.1 Å². The third-order valence-corrected chi connectivity index (χ3v) is 4.53. The number of nitrogens with zero attached hydrogens (tertiary/aromatic N) is 3. The number of carbonyl (C=O) groups is 1. The number of halogens is 1. The number of urea groups is 1. The zero-order chi connectivity index (χ0) is 18.4. The van der Waals surface area contributed by atoms with Gasteiger partial charge in [-0.3, -0.25) is 4.90 Å². The molecule has 2 aromatic rings. The summed E-state index contributed by atoms with van der Waals surface area (Å²) in [7, 11) is 0. The number of amides is 2. The van der Waals surface area contributed by atoms with Crippen LogP contribution < -0.4 is 5.32 Å². The SMILES string of the molecule is N#Cc1cccc(NC(=O)N2CCN(CCc3ccc(F)cc3)CC2)c1. The van der Waals surface area contributed by atoms with E-state index in [2.05, 4.69) is 16.3 Å². The summed E-state index contributed by atoms with van der Waals surface area (Å²) in [6, 6.07) is 15.4. The van der Waals surface area contributed by atoms with Gasteiger partial charge < -0.3 is 10.2 Å². The van der Waals surface area contributed by atoms with Crippen molar-refractivity contribution in [3.05, 3.63) is 65.5 Å². The molecule has 134 valence electrons. The van der Waals surface area contributed by atoms with Crippen LogP contribution in [-0.2, 0) is 6.42 Å². The Kier molecular flexibility index (Phi) is 5.82. The molecule has 1 fully saturated rings. The second kappa shape index (κ2) is 8.45. The molecule has 0 radical (unpaired) electrons. The van der Waals surface area contributed by atoms with Gasteiger partial charge in [0, 0.05) is 38.4 Å². The molecule has 0 spiro atoms. The van der Waals surface area contributed by atoms with Crippen LogP contribution in [-0.4, -0.2) is 48.6 Å². The van der Waals surface area contributed by atoms with E-state index in [1.807, 2.05) is 12.1 Å². The zero-order valence-corrected chi connectivity index (χ0v) is 14.5. The number of nitriles is 1. The highest BCUT2D eigenvalue weighted by Crippen LogP contribution is 2.12. The number of hydrogen-bond acceptors (Lipinski definition) is 3. The standard InChI is InChI=1S/C20H21FN4O/c21-18-6-4-16(5-7-18)8-9-24-10-12-25(13-11-24)20(26)23-19-3-1-2-17(14-19)15-22/h1-7,14H,8-13H2,(H,23,26). The molecule has 1 saturated heterocycles. The fourth-order valence-electron chi connectivity index (χ4n) is 2.98. The summed E-state index contributed by atoms with van der Waals surface area (Å²) in [5, 5.41) is 11.8. The summed E-state index contributed by atoms with van der Waals surface area (Å²) >= 11 is 0. The molecule has 1 heterocycles. The van der Waals surface area contributed by atoms with Gasteiger partial charge in [-0.05, 0) is 42.3 Å². The summed E-state index contributed by atoms with van der Waals surface area (Å²) in [6.07, 6.45) is 0.868. The van der Waals surface area contributed by atoms with Crippen molar-refractivity contribution in [1.29, 1.82) is 5.26 Å². The smallest absolute Gasteiger partial charge is 0.321 e. The van der Waals surface area contributed by atoms with Gasteiger partial charge in [-0.15, -0.1) is 0 Å². The van der Waals surface area contributed by atoms with Gasteiger partial charge in [0.1, 0.15) is 5.82 Å². The highest BCUT2D eigenvalue weighted by Gasteiger charge is 2.21. The van der Waals surface area contributed by atoms with E-state index < -0.39 is 0 Å². The van der Waals surface area contributed by atoms with Gasteiger partial charge in [0.15, 0.2) is 0 Å². The molecule has 2 amide bonds. The lowest BCUT2D eigenvalue weighted by atomic mass is 10.1. The first-order chi connectivity index (χ1) is 12.6. The summed E-state index contributed by atoms with van der Waals surface area (Å²) in [6.45, 7) is 3.84. The van der Waals surface area contributed by atoms with E-state index in [0.717, 1.165) is 31.6 Å². The molecule has 1 aliphatic heterocycles. The summed E-state index contributed by atoms with van der Waals surface area (Å²) in [5.41, 5.74) is 2.27. The lowest BCUT2D eigenvalue weighted by Crippen LogP contribution is -2.50. The zero-order valence-electron chi connectivity index (χ0n) is 14.5. The molecule has 0 unspecified atom stereocenters. The van der Waals surface area contributed by atoms with Crippen molar-refractivity contribution >= 4 is 11.7 Å². The topological polar surface area (TPSA) is 59.4 Å². The van der Waals surface area contributed by atoms with Crippen molar-refractivity contribution in [2.75, 3.05) is 38.0 Å². The van der Waals surface area contributed by atoms with Crippen molar-refractivity contribution in [2.45, 2.75) is 6.42 Å². The van der Waals surface area contributed by atoms with E-state index in [1.54, 1.807) is 29.2 Å². The van der Waals surface area contributed by atoms with Crippen molar-refractivity contribution in [1.82, 2.24) is 9.80 Å². The minimum atomic E-state index is -0.214. The Balaban J connectivity index is 1.44. The number of hydrogen-bond donors (Lipinski definition) is 1. The maximum Gasteiger partial charge on any atom is 0.321 e. The van der Waals surface area contributed by atoms with E-state index >= 15 is 0 Å². The Hall–Kier alpha value is -2.91. The summed E-state index contributed by atoms with van der Waals surface area (Å²) < 4.78 is 12.9. The second-order valence-corrected chi connectivity index (χ2v) is 6.33. The number of rotatable bonds is 4. The molecule has 26 heavy (non-hydrogen) atoms. The number of benzene rings is 2. The predicted octanol–water partition coefficient (Wildman–Crippen LogP) is 3.09. The normalized spacial score (nSPS) is 14.7.